The Kier molecular flexibility index (Phi) is 5.00. The van der Waals surface area contributed by atoms with E-state index in [0.29, 0.717) is 18.6 Å². The first kappa shape index (κ1) is 14.5. The Morgan fingerprint density at radius 2 is 2.05 bits per heavy atom. The van der Waals surface area contributed by atoms with Crippen molar-refractivity contribution < 1.29 is 0 Å². The minimum atomic E-state index is 0.352. The third-order valence-corrected chi connectivity index (χ3v) is 4.73. The monoisotopic (exact) mass is 260 g/mol. The molecule has 1 aliphatic carbocycles. The van der Waals surface area contributed by atoms with E-state index in [9.17, 15) is 0 Å². The van der Waals surface area contributed by atoms with Gasteiger partial charge in [-0.2, -0.15) is 0 Å². The molecule has 3 unspecified atom stereocenters. The fourth-order valence-electron chi connectivity index (χ4n) is 3.55. The second kappa shape index (κ2) is 6.53. The van der Waals surface area contributed by atoms with Gasteiger partial charge in [0.1, 0.15) is 0 Å². The van der Waals surface area contributed by atoms with Crippen LogP contribution in [-0.4, -0.2) is 24.5 Å². The number of nitrogens with zero attached hydrogens (tertiary/aromatic N) is 1. The predicted octanol–water partition coefficient (Wildman–Crippen LogP) is 3.51. The van der Waals surface area contributed by atoms with Crippen molar-refractivity contribution in [2.45, 2.75) is 51.6 Å². The summed E-state index contributed by atoms with van der Waals surface area (Å²) in [5, 5.41) is 0. The second-order valence-electron chi connectivity index (χ2n) is 6.16. The van der Waals surface area contributed by atoms with Crippen molar-refractivity contribution in [3.05, 3.63) is 35.4 Å². The summed E-state index contributed by atoms with van der Waals surface area (Å²) in [5.41, 5.74) is 8.75. The summed E-state index contributed by atoms with van der Waals surface area (Å²) in [6.07, 6.45) is 5.44. The van der Waals surface area contributed by atoms with E-state index >= 15 is 0 Å². The molecule has 2 heteroatoms. The summed E-state index contributed by atoms with van der Waals surface area (Å²) < 4.78 is 0. The van der Waals surface area contributed by atoms with Crippen LogP contribution in [-0.2, 0) is 0 Å². The lowest BCUT2D eigenvalue weighted by molar-refractivity contribution is 0.0992. The molecular weight excluding hydrogens is 232 g/mol. The van der Waals surface area contributed by atoms with E-state index in [1.165, 1.54) is 36.8 Å². The van der Waals surface area contributed by atoms with Crippen molar-refractivity contribution in [3.8, 4) is 0 Å². The van der Waals surface area contributed by atoms with Crippen molar-refractivity contribution in [1.82, 2.24) is 4.90 Å². The maximum Gasteiger partial charge on any atom is 0.0470 e. The zero-order valence-electron chi connectivity index (χ0n) is 12.6. The van der Waals surface area contributed by atoms with Crippen LogP contribution in [0.25, 0.3) is 0 Å². The number of benzene rings is 1. The number of rotatable bonds is 4. The molecule has 3 atom stereocenters. The molecule has 1 saturated carbocycles. The standard InChI is InChI=1S/C17H28N2/c1-13-7-6-9-15(11-13)17(12-18)19(3)16-10-5-4-8-14(16)2/h6-7,9,11,14,16-17H,4-5,8,10,12,18H2,1-3H3. The van der Waals surface area contributed by atoms with Crippen LogP contribution in [0.15, 0.2) is 24.3 Å². The molecule has 0 amide bonds. The van der Waals surface area contributed by atoms with Crippen LogP contribution in [0.2, 0.25) is 0 Å². The topological polar surface area (TPSA) is 29.3 Å². The molecule has 0 bridgehead atoms. The lowest BCUT2D eigenvalue weighted by atomic mass is 9.84. The van der Waals surface area contributed by atoms with Crippen LogP contribution in [0.3, 0.4) is 0 Å². The third-order valence-electron chi connectivity index (χ3n) is 4.73. The quantitative estimate of drug-likeness (QED) is 0.897. The van der Waals surface area contributed by atoms with Crippen molar-refractivity contribution in [2.24, 2.45) is 11.7 Å². The van der Waals surface area contributed by atoms with Crippen LogP contribution < -0.4 is 5.73 Å². The molecule has 2 N–H and O–H groups in total. The van der Waals surface area contributed by atoms with Gasteiger partial charge in [0.05, 0.1) is 0 Å². The first-order valence-corrected chi connectivity index (χ1v) is 7.62. The highest BCUT2D eigenvalue weighted by atomic mass is 15.2. The highest BCUT2D eigenvalue weighted by molar-refractivity contribution is 5.25. The molecule has 106 valence electrons. The number of likely N-dealkylation sites (N-methyl/N-ethyl adjacent to an activating group) is 1. The van der Waals surface area contributed by atoms with Gasteiger partial charge in [0.15, 0.2) is 0 Å². The Morgan fingerprint density at radius 3 is 2.68 bits per heavy atom. The lowest BCUT2D eigenvalue weighted by Crippen LogP contribution is -2.43. The molecule has 0 radical (unpaired) electrons. The number of hydrogen-bond donors (Lipinski definition) is 1. The smallest absolute Gasteiger partial charge is 0.0470 e. The highest BCUT2D eigenvalue weighted by Crippen LogP contribution is 2.32. The van der Waals surface area contributed by atoms with Crippen molar-refractivity contribution >= 4 is 0 Å². The van der Waals surface area contributed by atoms with Gasteiger partial charge in [-0.25, -0.2) is 0 Å². The van der Waals surface area contributed by atoms with Crippen LogP contribution >= 0.6 is 0 Å². The van der Waals surface area contributed by atoms with Crippen LogP contribution in [0.5, 0.6) is 0 Å². The molecule has 1 fully saturated rings. The van der Waals surface area contributed by atoms with Gasteiger partial charge in [-0.05, 0) is 38.3 Å². The predicted molar refractivity (Wildman–Crippen MR) is 82.2 cm³/mol. The maximum absolute atomic E-state index is 6.07. The minimum Gasteiger partial charge on any atom is -0.329 e. The van der Waals surface area contributed by atoms with E-state index in [1.807, 2.05) is 0 Å². The van der Waals surface area contributed by atoms with Crippen molar-refractivity contribution in [2.75, 3.05) is 13.6 Å². The fourth-order valence-corrected chi connectivity index (χ4v) is 3.55. The summed E-state index contributed by atoms with van der Waals surface area (Å²) in [4.78, 5) is 2.53. The number of hydrogen-bond acceptors (Lipinski definition) is 2. The summed E-state index contributed by atoms with van der Waals surface area (Å²) in [5.74, 6) is 0.789. The van der Waals surface area contributed by atoms with E-state index < -0.39 is 0 Å². The van der Waals surface area contributed by atoms with Crippen molar-refractivity contribution in [3.63, 3.8) is 0 Å². The molecule has 1 aromatic carbocycles. The first-order chi connectivity index (χ1) is 9.13. The van der Waals surface area contributed by atoms with Gasteiger partial charge in [0.2, 0.25) is 0 Å². The SMILES string of the molecule is Cc1cccc(C(CN)N(C)C2CCCCC2C)c1. The average Bonchev–Trinajstić information content (AvgIpc) is 2.40. The Hall–Kier alpha value is -0.860. The zero-order valence-corrected chi connectivity index (χ0v) is 12.6. The third kappa shape index (κ3) is 3.37. The van der Waals surface area contributed by atoms with Gasteiger partial charge in [-0.1, -0.05) is 49.6 Å². The Morgan fingerprint density at radius 1 is 1.32 bits per heavy atom. The first-order valence-electron chi connectivity index (χ1n) is 7.62. The zero-order chi connectivity index (χ0) is 13.8. The van der Waals surface area contributed by atoms with Gasteiger partial charge in [-0.15, -0.1) is 0 Å². The Bertz CT molecular complexity index is 402. The summed E-state index contributed by atoms with van der Waals surface area (Å²) in [6, 6.07) is 9.83. The van der Waals surface area contributed by atoms with E-state index in [4.69, 9.17) is 5.73 Å². The van der Waals surface area contributed by atoms with E-state index in [0.717, 1.165) is 5.92 Å². The number of aryl methyl sites for hydroxylation is 1. The summed E-state index contributed by atoms with van der Waals surface area (Å²) in [6.45, 7) is 5.24. The van der Waals surface area contributed by atoms with Gasteiger partial charge >= 0.3 is 0 Å². The van der Waals surface area contributed by atoms with E-state index in [1.54, 1.807) is 0 Å². The van der Waals surface area contributed by atoms with Crippen molar-refractivity contribution in [1.29, 1.82) is 0 Å². The molecule has 1 aromatic rings. The Labute approximate surface area is 118 Å². The van der Waals surface area contributed by atoms with Gasteiger partial charge in [-0.3, -0.25) is 4.90 Å². The largest absolute Gasteiger partial charge is 0.329 e. The van der Waals surface area contributed by atoms with Gasteiger partial charge < -0.3 is 5.73 Å². The molecule has 0 saturated heterocycles. The van der Waals surface area contributed by atoms with E-state index in [-0.39, 0.29) is 0 Å². The highest BCUT2D eigenvalue weighted by Gasteiger charge is 2.29. The summed E-state index contributed by atoms with van der Waals surface area (Å²) in [7, 11) is 2.26. The maximum atomic E-state index is 6.07. The molecule has 0 heterocycles. The molecule has 2 nitrogen and oxygen atoms in total. The Balaban J connectivity index is 2.16. The lowest BCUT2D eigenvalue weighted by Gasteiger charge is -2.40. The fraction of sp³-hybridized carbons (Fsp3) is 0.647. The molecule has 0 aromatic heterocycles. The van der Waals surface area contributed by atoms with Gasteiger partial charge in [0.25, 0.3) is 0 Å². The average molecular weight is 260 g/mol. The minimum absolute atomic E-state index is 0.352. The second-order valence-corrected chi connectivity index (χ2v) is 6.16. The summed E-state index contributed by atoms with van der Waals surface area (Å²) >= 11 is 0. The molecule has 1 aliphatic rings. The molecule has 19 heavy (non-hydrogen) atoms. The van der Waals surface area contributed by atoms with Crippen LogP contribution in [0.1, 0.15) is 49.8 Å². The molecule has 0 aliphatic heterocycles. The molecule has 2 rings (SSSR count). The normalized spacial score (nSPS) is 25.5. The van der Waals surface area contributed by atoms with Crippen LogP contribution in [0.4, 0.5) is 0 Å². The van der Waals surface area contributed by atoms with Crippen LogP contribution in [0, 0.1) is 12.8 Å². The molecule has 0 spiro atoms. The molecular formula is C17H28N2. The van der Waals surface area contributed by atoms with Gasteiger partial charge in [0, 0.05) is 18.6 Å². The number of nitrogens with two attached hydrogens (primary N) is 1. The van der Waals surface area contributed by atoms with E-state index in [2.05, 4.69) is 50.1 Å².